The molecule has 0 aliphatic rings. The first-order valence-corrected chi connectivity index (χ1v) is 9.42. The standard InChI is InChI=1S/C23H31NO3/c1-16-7-8-17(2)21(15-16)27-18(3)22(25)24-13-14-26-20-11-9-19(10-12-20)23(4,5)6/h7-12,15,18H,13-14H2,1-6H3,(H,24,25)/t18-/m0/s1. The first kappa shape index (κ1) is 20.8. The van der Waals surface area contributed by atoms with Gasteiger partial charge in [0.2, 0.25) is 0 Å². The molecule has 4 nitrogen and oxygen atoms in total. The van der Waals surface area contributed by atoms with Crippen LogP contribution in [0.15, 0.2) is 42.5 Å². The van der Waals surface area contributed by atoms with Gasteiger partial charge in [0.25, 0.3) is 5.91 Å². The Bertz CT molecular complexity index is 760. The second kappa shape index (κ2) is 8.94. The van der Waals surface area contributed by atoms with Gasteiger partial charge in [-0.3, -0.25) is 4.79 Å². The molecule has 0 radical (unpaired) electrons. The molecular weight excluding hydrogens is 338 g/mol. The van der Waals surface area contributed by atoms with Gasteiger partial charge in [-0.2, -0.15) is 0 Å². The fourth-order valence-corrected chi connectivity index (χ4v) is 2.62. The van der Waals surface area contributed by atoms with E-state index in [0.717, 1.165) is 22.6 Å². The van der Waals surface area contributed by atoms with E-state index in [-0.39, 0.29) is 11.3 Å². The predicted molar refractivity (Wildman–Crippen MR) is 110 cm³/mol. The van der Waals surface area contributed by atoms with Crippen LogP contribution in [0.1, 0.15) is 44.4 Å². The Labute approximate surface area is 162 Å². The van der Waals surface area contributed by atoms with Gasteiger partial charge in [0.15, 0.2) is 6.10 Å². The van der Waals surface area contributed by atoms with Crippen molar-refractivity contribution in [3.8, 4) is 11.5 Å². The van der Waals surface area contributed by atoms with Crippen molar-refractivity contribution in [2.75, 3.05) is 13.2 Å². The molecule has 0 saturated carbocycles. The summed E-state index contributed by atoms with van der Waals surface area (Å²) in [7, 11) is 0. The minimum atomic E-state index is -0.559. The average Bonchev–Trinajstić information content (AvgIpc) is 2.61. The van der Waals surface area contributed by atoms with Crippen LogP contribution in [0.2, 0.25) is 0 Å². The maximum absolute atomic E-state index is 12.2. The Morgan fingerprint density at radius 1 is 1.07 bits per heavy atom. The Morgan fingerprint density at radius 2 is 1.74 bits per heavy atom. The Morgan fingerprint density at radius 3 is 2.37 bits per heavy atom. The molecule has 0 fully saturated rings. The Kier molecular flexibility index (Phi) is 6.89. The van der Waals surface area contributed by atoms with Gasteiger partial charge in [-0.15, -0.1) is 0 Å². The van der Waals surface area contributed by atoms with E-state index in [0.29, 0.717) is 13.2 Å². The topological polar surface area (TPSA) is 47.6 Å². The molecule has 0 heterocycles. The first-order chi connectivity index (χ1) is 12.7. The number of amides is 1. The summed E-state index contributed by atoms with van der Waals surface area (Å²) in [6, 6.07) is 14.1. The van der Waals surface area contributed by atoms with Crippen molar-refractivity contribution < 1.29 is 14.3 Å². The van der Waals surface area contributed by atoms with E-state index >= 15 is 0 Å². The van der Waals surface area contributed by atoms with Gasteiger partial charge >= 0.3 is 0 Å². The third-order valence-electron chi connectivity index (χ3n) is 4.41. The summed E-state index contributed by atoms with van der Waals surface area (Å²) in [6.45, 7) is 13.1. The van der Waals surface area contributed by atoms with Gasteiger partial charge in [0.1, 0.15) is 18.1 Å². The van der Waals surface area contributed by atoms with Gasteiger partial charge in [0, 0.05) is 0 Å². The minimum Gasteiger partial charge on any atom is -0.492 e. The maximum Gasteiger partial charge on any atom is 0.260 e. The molecule has 0 saturated heterocycles. The molecule has 27 heavy (non-hydrogen) atoms. The van der Waals surface area contributed by atoms with Crippen LogP contribution in [0.5, 0.6) is 11.5 Å². The lowest BCUT2D eigenvalue weighted by Gasteiger charge is -2.19. The van der Waals surface area contributed by atoms with Crippen molar-refractivity contribution in [2.24, 2.45) is 0 Å². The molecule has 4 heteroatoms. The van der Waals surface area contributed by atoms with Crippen LogP contribution in [0.3, 0.4) is 0 Å². The summed E-state index contributed by atoms with van der Waals surface area (Å²) in [5.41, 5.74) is 3.51. The van der Waals surface area contributed by atoms with E-state index in [1.165, 1.54) is 5.56 Å². The van der Waals surface area contributed by atoms with Crippen molar-refractivity contribution in [1.29, 1.82) is 0 Å². The van der Waals surface area contributed by atoms with Gasteiger partial charge in [-0.25, -0.2) is 0 Å². The molecule has 0 aliphatic heterocycles. The maximum atomic E-state index is 12.2. The summed E-state index contributed by atoms with van der Waals surface area (Å²) in [6.07, 6.45) is -0.559. The van der Waals surface area contributed by atoms with Crippen molar-refractivity contribution in [1.82, 2.24) is 5.32 Å². The van der Waals surface area contributed by atoms with E-state index < -0.39 is 6.10 Å². The molecule has 0 spiro atoms. The van der Waals surface area contributed by atoms with Gasteiger partial charge in [-0.05, 0) is 61.1 Å². The second-order valence-corrected chi connectivity index (χ2v) is 7.94. The highest BCUT2D eigenvalue weighted by Gasteiger charge is 2.15. The number of aryl methyl sites for hydroxylation is 2. The van der Waals surface area contributed by atoms with E-state index in [9.17, 15) is 4.79 Å². The van der Waals surface area contributed by atoms with Crippen molar-refractivity contribution >= 4 is 5.91 Å². The SMILES string of the molecule is Cc1ccc(C)c(O[C@@H](C)C(=O)NCCOc2ccc(C(C)(C)C)cc2)c1. The van der Waals surface area contributed by atoms with Gasteiger partial charge < -0.3 is 14.8 Å². The molecule has 1 N–H and O–H groups in total. The number of carbonyl (C=O) groups excluding carboxylic acids is 1. The predicted octanol–water partition coefficient (Wildman–Crippen LogP) is 4.56. The molecule has 1 amide bonds. The second-order valence-electron chi connectivity index (χ2n) is 7.94. The molecular formula is C23H31NO3. The summed E-state index contributed by atoms with van der Waals surface area (Å²) < 4.78 is 11.5. The molecule has 0 bridgehead atoms. The van der Waals surface area contributed by atoms with Gasteiger partial charge in [0.05, 0.1) is 6.54 Å². The van der Waals surface area contributed by atoms with Crippen LogP contribution < -0.4 is 14.8 Å². The lowest BCUT2D eigenvalue weighted by molar-refractivity contribution is -0.127. The fourth-order valence-electron chi connectivity index (χ4n) is 2.62. The molecule has 1 atom stereocenters. The summed E-state index contributed by atoms with van der Waals surface area (Å²) in [5, 5.41) is 2.85. The average molecular weight is 370 g/mol. The number of carbonyl (C=O) groups is 1. The minimum absolute atomic E-state index is 0.123. The zero-order valence-corrected chi connectivity index (χ0v) is 17.3. The first-order valence-electron chi connectivity index (χ1n) is 9.42. The third-order valence-corrected chi connectivity index (χ3v) is 4.41. The van der Waals surface area contributed by atoms with E-state index in [4.69, 9.17) is 9.47 Å². The highest BCUT2D eigenvalue weighted by molar-refractivity contribution is 5.80. The van der Waals surface area contributed by atoms with Crippen LogP contribution in [0, 0.1) is 13.8 Å². The third kappa shape index (κ3) is 6.31. The molecule has 0 aromatic heterocycles. The highest BCUT2D eigenvalue weighted by Crippen LogP contribution is 2.24. The molecule has 2 aromatic rings. The van der Waals surface area contributed by atoms with Crippen molar-refractivity contribution in [2.45, 2.75) is 53.1 Å². The van der Waals surface area contributed by atoms with Crippen LogP contribution in [0.25, 0.3) is 0 Å². The molecule has 0 aliphatic carbocycles. The molecule has 2 aromatic carbocycles. The lowest BCUT2D eigenvalue weighted by Crippen LogP contribution is -2.38. The fraction of sp³-hybridized carbons (Fsp3) is 0.435. The lowest BCUT2D eigenvalue weighted by atomic mass is 9.87. The number of hydrogen-bond donors (Lipinski definition) is 1. The quantitative estimate of drug-likeness (QED) is 0.728. The van der Waals surface area contributed by atoms with Crippen molar-refractivity contribution in [3.05, 3.63) is 59.2 Å². The number of rotatable bonds is 7. The molecule has 0 unspecified atom stereocenters. The zero-order valence-electron chi connectivity index (χ0n) is 17.3. The largest absolute Gasteiger partial charge is 0.492 e. The van der Waals surface area contributed by atoms with Gasteiger partial charge in [-0.1, -0.05) is 45.0 Å². The number of hydrogen-bond acceptors (Lipinski definition) is 3. The molecule has 146 valence electrons. The Balaban J connectivity index is 1.76. The monoisotopic (exact) mass is 369 g/mol. The normalized spacial score (nSPS) is 12.4. The van der Waals surface area contributed by atoms with Crippen LogP contribution in [0.4, 0.5) is 0 Å². The number of benzene rings is 2. The number of nitrogens with one attached hydrogen (secondary N) is 1. The van der Waals surface area contributed by atoms with Crippen LogP contribution in [-0.4, -0.2) is 25.2 Å². The zero-order chi connectivity index (χ0) is 20.0. The van der Waals surface area contributed by atoms with E-state index in [1.807, 2.05) is 44.2 Å². The highest BCUT2D eigenvalue weighted by atomic mass is 16.5. The van der Waals surface area contributed by atoms with Crippen LogP contribution in [-0.2, 0) is 10.2 Å². The molecule has 2 rings (SSSR count). The van der Waals surface area contributed by atoms with Crippen molar-refractivity contribution in [3.63, 3.8) is 0 Å². The summed E-state index contributed by atoms with van der Waals surface area (Å²) in [4.78, 5) is 12.2. The smallest absolute Gasteiger partial charge is 0.260 e. The summed E-state index contributed by atoms with van der Waals surface area (Å²) >= 11 is 0. The number of ether oxygens (including phenoxy) is 2. The van der Waals surface area contributed by atoms with Crippen LogP contribution >= 0.6 is 0 Å². The Hall–Kier alpha value is -2.49. The van der Waals surface area contributed by atoms with E-state index in [2.05, 4.69) is 38.2 Å². The summed E-state index contributed by atoms with van der Waals surface area (Å²) in [5.74, 6) is 1.40. The van der Waals surface area contributed by atoms with E-state index in [1.54, 1.807) is 6.92 Å².